The highest BCUT2D eigenvalue weighted by atomic mass is 35.5. The fourth-order valence-corrected chi connectivity index (χ4v) is 4.89. The van der Waals surface area contributed by atoms with Crippen molar-refractivity contribution < 1.29 is 33.8 Å². The van der Waals surface area contributed by atoms with Crippen LogP contribution in [-0.4, -0.2) is 56.4 Å². The molecule has 9 nitrogen and oxygen atoms in total. The molecule has 0 fully saturated rings. The number of halogens is 2. The van der Waals surface area contributed by atoms with E-state index in [9.17, 15) is 20.1 Å². The minimum Gasteiger partial charge on any atom is -0.531 e. The largest absolute Gasteiger partial charge is 0.563 e. The van der Waals surface area contributed by atoms with Gasteiger partial charge in [0.1, 0.15) is 16.4 Å². The van der Waals surface area contributed by atoms with E-state index in [2.05, 4.69) is 15.0 Å². The summed E-state index contributed by atoms with van der Waals surface area (Å²) in [6.45, 7) is -0.162. The van der Waals surface area contributed by atoms with Crippen LogP contribution in [0.15, 0.2) is 85.1 Å². The molecule has 0 saturated carbocycles. The third-order valence-corrected chi connectivity index (χ3v) is 7.08. The Bertz CT molecular complexity index is 1950. The summed E-state index contributed by atoms with van der Waals surface area (Å²) in [6.07, 6.45) is 1.34. The Labute approximate surface area is 244 Å². The molecule has 0 aliphatic carbocycles. The predicted octanol–water partition coefficient (Wildman–Crippen LogP) is 1.47. The lowest BCUT2D eigenvalue weighted by molar-refractivity contribution is 0.256. The Morgan fingerprint density at radius 2 is 1.55 bits per heavy atom. The molecule has 0 bridgehead atoms. The normalized spacial score (nSPS) is 11.3. The fourth-order valence-electron chi connectivity index (χ4n) is 4.65. The van der Waals surface area contributed by atoms with Crippen molar-refractivity contribution in [2.75, 3.05) is 0 Å². The molecule has 0 amide bonds. The van der Waals surface area contributed by atoms with Gasteiger partial charge in [0.15, 0.2) is 5.82 Å². The van der Waals surface area contributed by atoms with Gasteiger partial charge in [-0.15, -0.1) is 0 Å². The Balaban J connectivity index is 1.22. The molecule has 0 atom stereocenters. The standard InChI is InChI=1S/C28H20B3ClFN3O6/c32-28-23(12-17-4-1-2-6-24(17)36-28)30(39)41-15-18-10-8-16-9-11-22(26(33)27(16)35-18)31(40)42-19-13-20-21(29(37)38)5-3-7-25(20)34-14-19/h1-14,37-40H,15H2. The van der Waals surface area contributed by atoms with E-state index in [-0.39, 0.29) is 39.4 Å². The Hall–Kier alpha value is -4.10. The van der Waals surface area contributed by atoms with Crippen molar-refractivity contribution in [3.63, 3.8) is 0 Å². The molecule has 0 aliphatic heterocycles. The lowest BCUT2D eigenvalue weighted by Gasteiger charge is -2.14. The number of rotatable bonds is 8. The molecule has 3 aromatic carbocycles. The van der Waals surface area contributed by atoms with Gasteiger partial charge < -0.3 is 29.4 Å². The molecule has 0 unspecified atom stereocenters. The maximum atomic E-state index is 15.6. The number of para-hydroxylation sites is 1. The zero-order valence-corrected chi connectivity index (χ0v) is 22.5. The van der Waals surface area contributed by atoms with Gasteiger partial charge in [0.05, 0.1) is 29.5 Å². The molecule has 4 N–H and O–H groups in total. The quantitative estimate of drug-likeness (QED) is 0.156. The van der Waals surface area contributed by atoms with Crippen molar-refractivity contribution in [3.05, 3.63) is 102 Å². The van der Waals surface area contributed by atoms with Gasteiger partial charge in [0.25, 0.3) is 0 Å². The SMILES string of the molecule is OB(OCc1ccc2ccc(B(O)Oc3cnc4cccc(B(O)O)c4c3)c(F)c2n1)c1cc2ccccc2nc1Cl. The Kier molecular flexibility index (Phi) is 7.78. The van der Waals surface area contributed by atoms with E-state index in [1.54, 1.807) is 42.5 Å². The molecule has 6 aromatic rings. The molecular formula is C28H20B3ClFN3O6. The van der Waals surface area contributed by atoms with E-state index >= 15 is 4.39 Å². The van der Waals surface area contributed by atoms with Crippen LogP contribution < -0.4 is 21.0 Å². The van der Waals surface area contributed by atoms with Gasteiger partial charge in [-0.2, -0.15) is 0 Å². The van der Waals surface area contributed by atoms with Crippen LogP contribution >= 0.6 is 11.6 Å². The van der Waals surface area contributed by atoms with Crippen LogP contribution in [0.2, 0.25) is 5.15 Å². The molecule has 3 aromatic heterocycles. The van der Waals surface area contributed by atoms with E-state index in [1.807, 2.05) is 18.2 Å². The molecule has 206 valence electrons. The first-order chi connectivity index (χ1) is 20.3. The summed E-state index contributed by atoms with van der Waals surface area (Å²) in [5, 5.41) is 42.5. The van der Waals surface area contributed by atoms with Gasteiger partial charge in [-0.3, -0.25) is 4.98 Å². The van der Waals surface area contributed by atoms with Gasteiger partial charge in [0, 0.05) is 21.7 Å². The van der Waals surface area contributed by atoms with Crippen LogP contribution in [0.4, 0.5) is 4.39 Å². The first-order valence-electron chi connectivity index (χ1n) is 12.8. The third-order valence-electron chi connectivity index (χ3n) is 6.77. The summed E-state index contributed by atoms with van der Waals surface area (Å²) >= 11 is 6.26. The van der Waals surface area contributed by atoms with Crippen LogP contribution in [0.25, 0.3) is 32.7 Å². The average molecular weight is 581 g/mol. The zero-order chi connectivity index (χ0) is 29.4. The predicted molar refractivity (Wildman–Crippen MR) is 161 cm³/mol. The summed E-state index contributed by atoms with van der Waals surface area (Å²) in [4.78, 5) is 12.8. The van der Waals surface area contributed by atoms with Crippen molar-refractivity contribution in [3.8, 4) is 5.75 Å². The minimum absolute atomic E-state index is 0.0292. The Morgan fingerprint density at radius 3 is 2.38 bits per heavy atom. The third kappa shape index (κ3) is 5.53. The van der Waals surface area contributed by atoms with Crippen LogP contribution in [0, 0.1) is 5.82 Å². The number of pyridine rings is 3. The maximum Gasteiger partial charge on any atom is 0.563 e. The highest BCUT2D eigenvalue weighted by Gasteiger charge is 2.27. The van der Waals surface area contributed by atoms with E-state index < -0.39 is 27.2 Å². The molecule has 14 heteroatoms. The second kappa shape index (κ2) is 11.6. The lowest BCUT2D eigenvalue weighted by atomic mass is 9.77. The number of benzene rings is 3. The molecule has 42 heavy (non-hydrogen) atoms. The number of nitrogens with zero attached hydrogens (tertiary/aromatic N) is 3. The average Bonchev–Trinajstić information content (AvgIpc) is 2.99. The fraction of sp³-hybridized carbons (Fsp3) is 0.0357. The van der Waals surface area contributed by atoms with E-state index in [0.717, 1.165) is 5.39 Å². The highest BCUT2D eigenvalue weighted by Crippen LogP contribution is 2.20. The molecule has 0 radical (unpaired) electrons. The van der Waals surface area contributed by atoms with Crippen LogP contribution in [0.1, 0.15) is 5.69 Å². The first-order valence-corrected chi connectivity index (χ1v) is 13.2. The van der Waals surface area contributed by atoms with Crippen LogP contribution in [0.5, 0.6) is 5.75 Å². The summed E-state index contributed by atoms with van der Waals surface area (Å²) in [6, 6.07) is 21.6. The number of aromatic nitrogens is 3. The second-order valence-corrected chi connectivity index (χ2v) is 9.85. The van der Waals surface area contributed by atoms with Crippen molar-refractivity contribution in [1.82, 2.24) is 15.0 Å². The van der Waals surface area contributed by atoms with Crippen molar-refractivity contribution in [2.45, 2.75) is 6.61 Å². The molecule has 6 rings (SSSR count). The van der Waals surface area contributed by atoms with Crippen molar-refractivity contribution in [2.24, 2.45) is 0 Å². The van der Waals surface area contributed by atoms with E-state index in [1.165, 1.54) is 24.4 Å². The zero-order valence-electron chi connectivity index (χ0n) is 21.7. The maximum absolute atomic E-state index is 15.6. The Morgan fingerprint density at radius 1 is 0.762 bits per heavy atom. The molecule has 0 aliphatic rings. The summed E-state index contributed by atoms with van der Waals surface area (Å²) in [7, 11) is -4.85. The number of hydrogen-bond acceptors (Lipinski definition) is 9. The molecule has 0 saturated heterocycles. The molecule has 0 spiro atoms. The topological polar surface area (TPSA) is 138 Å². The highest BCUT2D eigenvalue weighted by molar-refractivity contribution is 6.64. The summed E-state index contributed by atoms with van der Waals surface area (Å²) < 4.78 is 26.7. The van der Waals surface area contributed by atoms with Gasteiger partial charge in [-0.05, 0) is 41.2 Å². The van der Waals surface area contributed by atoms with E-state index in [0.29, 0.717) is 27.5 Å². The number of fused-ring (bicyclic) bond motifs is 3. The van der Waals surface area contributed by atoms with Crippen molar-refractivity contribution >= 4 is 82.1 Å². The first kappa shape index (κ1) is 28.0. The summed E-state index contributed by atoms with van der Waals surface area (Å²) in [5.41, 5.74) is 1.79. The minimum atomic E-state index is -1.74. The van der Waals surface area contributed by atoms with Gasteiger partial charge in [-0.25, -0.2) is 14.4 Å². The van der Waals surface area contributed by atoms with Gasteiger partial charge in [-0.1, -0.05) is 60.1 Å². The summed E-state index contributed by atoms with van der Waals surface area (Å²) in [5.74, 6) is -0.710. The monoisotopic (exact) mass is 581 g/mol. The second-order valence-electron chi connectivity index (χ2n) is 9.50. The van der Waals surface area contributed by atoms with Gasteiger partial charge in [0.2, 0.25) is 0 Å². The van der Waals surface area contributed by atoms with Crippen molar-refractivity contribution in [1.29, 1.82) is 0 Å². The van der Waals surface area contributed by atoms with E-state index in [4.69, 9.17) is 20.9 Å². The molecular weight excluding hydrogens is 561 g/mol. The number of hydrogen-bond donors (Lipinski definition) is 4. The van der Waals surface area contributed by atoms with Gasteiger partial charge >= 0.3 is 21.4 Å². The lowest BCUT2D eigenvalue weighted by Crippen LogP contribution is -2.39. The smallest absolute Gasteiger partial charge is 0.531 e. The van der Waals surface area contributed by atoms with Crippen LogP contribution in [-0.2, 0) is 11.3 Å². The molecule has 3 heterocycles. The van der Waals surface area contributed by atoms with Crippen LogP contribution in [0.3, 0.4) is 0 Å².